The Labute approximate surface area is 160 Å². The smallest absolute Gasteiger partial charge is 0.286 e. The van der Waals surface area contributed by atoms with Crippen molar-refractivity contribution in [2.45, 2.75) is 39.0 Å². The van der Waals surface area contributed by atoms with E-state index in [1.165, 1.54) is 12.7 Å². The summed E-state index contributed by atoms with van der Waals surface area (Å²) in [5.41, 5.74) is 0. The summed E-state index contributed by atoms with van der Waals surface area (Å²) < 4.78 is 5.02. The molecule has 0 saturated carbocycles. The zero-order valence-electron chi connectivity index (χ0n) is 16.0. The van der Waals surface area contributed by atoms with Gasteiger partial charge >= 0.3 is 0 Å². The summed E-state index contributed by atoms with van der Waals surface area (Å²) in [5.74, 6) is 0.840. The van der Waals surface area contributed by atoms with Gasteiger partial charge in [0.15, 0.2) is 5.76 Å². The van der Waals surface area contributed by atoms with Crippen LogP contribution >= 0.6 is 0 Å². The van der Waals surface area contributed by atoms with E-state index in [9.17, 15) is 14.4 Å². The fraction of sp³-hybridized carbons (Fsp3) is 0.650. The number of hydrogen-bond acceptors (Lipinski definition) is 4. The molecular weight excluding hydrogens is 346 g/mol. The molecule has 1 atom stereocenters. The van der Waals surface area contributed by atoms with Crippen molar-refractivity contribution in [2.24, 2.45) is 11.8 Å². The molecule has 1 aromatic heterocycles. The molecule has 1 unspecified atom stereocenters. The molecule has 3 amide bonds. The van der Waals surface area contributed by atoms with E-state index in [2.05, 4.69) is 12.2 Å². The van der Waals surface area contributed by atoms with Gasteiger partial charge in [-0.2, -0.15) is 0 Å². The van der Waals surface area contributed by atoms with Crippen molar-refractivity contribution in [2.75, 3.05) is 32.7 Å². The number of rotatable bonds is 5. The Bertz CT molecular complexity index is 650. The van der Waals surface area contributed by atoms with E-state index < -0.39 is 0 Å². The highest BCUT2D eigenvalue weighted by molar-refractivity contribution is 5.91. The molecule has 2 saturated heterocycles. The molecule has 27 heavy (non-hydrogen) atoms. The summed E-state index contributed by atoms with van der Waals surface area (Å²) in [6.07, 6.45) is 5.45. The highest BCUT2D eigenvalue weighted by Gasteiger charge is 2.31. The number of piperidine rings is 2. The van der Waals surface area contributed by atoms with Gasteiger partial charge in [-0.15, -0.1) is 0 Å². The molecule has 7 heteroatoms. The Hall–Kier alpha value is -2.31. The molecule has 2 aliphatic rings. The van der Waals surface area contributed by atoms with Crippen LogP contribution in [0.2, 0.25) is 0 Å². The first-order valence-electron chi connectivity index (χ1n) is 9.93. The molecule has 1 N–H and O–H groups in total. The maximum Gasteiger partial charge on any atom is 0.286 e. The fourth-order valence-corrected chi connectivity index (χ4v) is 3.96. The van der Waals surface area contributed by atoms with Crippen LogP contribution in [-0.4, -0.2) is 60.2 Å². The van der Waals surface area contributed by atoms with Gasteiger partial charge in [-0.1, -0.05) is 6.92 Å². The molecule has 0 aromatic carbocycles. The highest BCUT2D eigenvalue weighted by Crippen LogP contribution is 2.23. The van der Waals surface area contributed by atoms with Crippen LogP contribution in [0.5, 0.6) is 0 Å². The van der Waals surface area contributed by atoms with E-state index in [0.29, 0.717) is 19.0 Å². The minimum absolute atomic E-state index is 0.0206. The van der Waals surface area contributed by atoms with Crippen molar-refractivity contribution in [3.63, 3.8) is 0 Å². The van der Waals surface area contributed by atoms with Crippen LogP contribution in [0.3, 0.4) is 0 Å². The van der Waals surface area contributed by atoms with Gasteiger partial charge in [0.25, 0.3) is 5.91 Å². The minimum Gasteiger partial charge on any atom is -0.459 e. The van der Waals surface area contributed by atoms with Crippen LogP contribution in [0.15, 0.2) is 22.8 Å². The fourth-order valence-electron chi connectivity index (χ4n) is 3.96. The van der Waals surface area contributed by atoms with Gasteiger partial charge < -0.3 is 19.5 Å². The van der Waals surface area contributed by atoms with Crippen LogP contribution in [0.25, 0.3) is 0 Å². The predicted molar refractivity (Wildman–Crippen MR) is 99.9 cm³/mol. The van der Waals surface area contributed by atoms with Gasteiger partial charge in [-0.3, -0.25) is 14.4 Å². The monoisotopic (exact) mass is 375 g/mol. The minimum atomic E-state index is -0.312. The number of hydrogen-bond donors (Lipinski definition) is 1. The molecule has 3 heterocycles. The van der Waals surface area contributed by atoms with Crippen molar-refractivity contribution >= 4 is 17.7 Å². The number of nitrogens with one attached hydrogen (secondary N) is 1. The van der Waals surface area contributed by atoms with E-state index in [-0.39, 0.29) is 42.4 Å². The van der Waals surface area contributed by atoms with Crippen molar-refractivity contribution in [1.29, 1.82) is 0 Å². The van der Waals surface area contributed by atoms with Crippen molar-refractivity contribution in [3.8, 4) is 0 Å². The molecule has 3 rings (SSSR count). The second-order valence-corrected chi connectivity index (χ2v) is 7.67. The van der Waals surface area contributed by atoms with Gasteiger partial charge in [-0.25, -0.2) is 0 Å². The Balaban J connectivity index is 1.37. The Morgan fingerprint density at radius 2 is 1.93 bits per heavy atom. The molecule has 148 valence electrons. The summed E-state index contributed by atoms with van der Waals surface area (Å²) >= 11 is 0. The predicted octanol–water partition coefficient (Wildman–Crippen LogP) is 1.90. The van der Waals surface area contributed by atoms with Gasteiger partial charge in [0, 0.05) is 45.1 Å². The lowest BCUT2D eigenvalue weighted by molar-refractivity contribution is -0.142. The maximum absolute atomic E-state index is 12.7. The topological polar surface area (TPSA) is 82.9 Å². The molecule has 2 aliphatic heterocycles. The number of furan rings is 1. The van der Waals surface area contributed by atoms with E-state index in [1.54, 1.807) is 12.1 Å². The standard InChI is InChI=1S/C20H29N3O4/c1-15-4-2-10-23(14-15)20(26)16-7-11-22(12-8-16)18(24)6-9-21-19(25)17-5-3-13-27-17/h3,5,13,15-16H,2,4,6-12,14H2,1H3,(H,21,25). The van der Waals surface area contributed by atoms with Crippen LogP contribution in [0.1, 0.15) is 49.6 Å². The third-order valence-electron chi connectivity index (χ3n) is 5.53. The first kappa shape index (κ1) is 19.5. The average Bonchev–Trinajstić information content (AvgIpc) is 3.22. The molecule has 0 bridgehead atoms. The van der Waals surface area contributed by atoms with Crippen LogP contribution < -0.4 is 5.32 Å². The number of amides is 3. The zero-order chi connectivity index (χ0) is 19.2. The summed E-state index contributed by atoms with van der Waals surface area (Å²) in [5, 5.41) is 2.69. The van der Waals surface area contributed by atoms with Crippen molar-refractivity contribution in [3.05, 3.63) is 24.2 Å². The van der Waals surface area contributed by atoms with Crippen LogP contribution in [-0.2, 0) is 9.59 Å². The Morgan fingerprint density at radius 1 is 1.15 bits per heavy atom. The lowest BCUT2D eigenvalue weighted by atomic mass is 9.92. The van der Waals surface area contributed by atoms with Gasteiger partial charge in [0.1, 0.15) is 0 Å². The molecule has 0 radical (unpaired) electrons. The second kappa shape index (κ2) is 9.06. The Kier molecular flexibility index (Phi) is 6.53. The van der Waals surface area contributed by atoms with Gasteiger partial charge in [-0.05, 0) is 43.7 Å². The quantitative estimate of drug-likeness (QED) is 0.852. The molecule has 2 fully saturated rings. The largest absolute Gasteiger partial charge is 0.459 e. The van der Waals surface area contributed by atoms with E-state index in [1.807, 2.05) is 9.80 Å². The molecule has 1 aromatic rings. The van der Waals surface area contributed by atoms with Crippen molar-refractivity contribution < 1.29 is 18.8 Å². The van der Waals surface area contributed by atoms with Crippen LogP contribution in [0.4, 0.5) is 0 Å². The first-order chi connectivity index (χ1) is 13.0. The van der Waals surface area contributed by atoms with Gasteiger partial charge in [0.05, 0.1) is 6.26 Å². The zero-order valence-corrected chi connectivity index (χ0v) is 16.0. The third kappa shape index (κ3) is 5.11. The third-order valence-corrected chi connectivity index (χ3v) is 5.53. The average molecular weight is 375 g/mol. The number of likely N-dealkylation sites (tertiary alicyclic amines) is 2. The van der Waals surface area contributed by atoms with Gasteiger partial charge in [0.2, 0.25) is 11.8 Å². The SMILES string of the molecule is CC1CCCN(C(=O)C2CCN(C(=O)CCNC(=O)c3ccco3)CC2)C1. The second-order valence-electron chi connectivity index (χ2n) is 7.67. The van der Waals surface area contributed by atoms with E-state index in [0.717, 1.165) is 32.4 Å². The maximum atomic E-state index is 12.7. The molecule has 0 aliphatic carbocycles. The summed E-state index contributed by atoms with van der Waals surface area (Å²) in [6, 6.07) is 3.23. The molecule has 7 nitrogen and oxygen atoms in total. The normalized spacial score (nSPS) is 21.1. The Morgan fingerprint density at radius 3 is 2.59 bits per heavy atom. The summed E-state index contributed by atoms with van der Waals surface area (Å²) in [6.45, 7) is 5.45. The molecule has 0 spiro atoms. The lowest BCUT2D eigenvalue weighted by Crippen LogP contribution is -2.47. The van der Waals surface area contributed by atoms with E-state index in [4.69, 9.17) is 4.42 Å². The van der Waals surface area contributed by atoms with Crippen molar-refractivity contribution in [1.82, 2.24) is 15.1 Å². The number of nitrogens with zero attached hydrogens (tertiary/aromatic N) is 2. The number of carbonyl (C=O) groups excluding carboxylic acids is 3. The highest BCUT2D eigenvalue weighted by atomic mass is 16.3. The summed E-state index contributed by atoms with van der Waals surface area (Å²) in [4.78, 5) is 40.6. The summed E-state index contributed by atoms with van der Waals surface area (Å²) in [7, 11) is 0. The lowest BCUT2D eigenvalue weighted by Gasteiger charge is -2.37. The molecular formula is C20H29N3O4. The first-order valence-corrected chi connectivity index (χ1v) is 9.93. The van der Waals surface area contributed by atoms with E-state index >= 15 is 0 Å². The van der Waals surface area contributed by atoms with Crippen LogP contribution in [0, 0.1) is 11.8 Å². The number of carbonyl (C=O) groups is 3.